The van der Waals surface area contributed by atoms with E-state index in [1.165, 1.54) is 11.8 Å². The number of nitrogens with two attached hydrogens (primary N) is 1. The fraction of sp³-hybridized carbons (Fsp3) is 0.0952. The highest BCUT2D eigenvalue weighted by atomic mass is 32.2. The van der Waals surface area contributed by atoms with Gasteiger partial charge in [-0.05, 0) is 18.6 Å². The number of hydrogen-bond donors (Lipinski definition) is 2. The first-order valence-electron chi connectivity index (χ1n) is 8.55. The number of aryl methyl sites for hydroxylation is 1. The van der Waals surface area contributed by atoms with Crippen LogP contribution in [0.5, 0.6) is 0 Å². The van der Waals surface area contributed by atoms with E-state index >= 15 is 0 Å². The lowest BCUT2D eigenvalue weighted by molar-refractivity contribution is 0.0991. The van der Waals surface area contributed by atoms with Crippen molar-refractivity contribution in [1.29, 1.82) is 0 Å². The number of carbonyl (C=O) groups is 1. The van der Waals surface area contributed by atoms with Crippen LogP contribution in [-0.2, 0) is 0 Å². The molecule has 0 fully saturated rings. The second kappa shape index (κ2) is 7.25. The van der Waals surface area contributed by atoms with E-state index in [2.05, 4.69) is 15.0 Å². The highest BCUT2D eigenvalue weighted by molar-refractivity contribution is 8.00. The molecular weight excluding hydrogens is 356 g/mol. The van der Waals surface area contributed by atoms with Gasteiger partial charge in [-0.25, -0.2) is 9.97 Å². The fourth-order valence-corrected chi connectivity index (χ4v) is 4.13. The molecular formula is C21H18N4OS. The number of thioether (sulfide) groups is 1. The quantitative estimate of drug-likeness (QED) is 0.304. The monoisotopic (exact) mass is 374 g/mol. The van der Waals surface area contributed by atoms with Crippen molar-refractivity contribution >= 4 is 34.3 Å². The molecule has 2 aromatic heterocycles. The van der Waals surface area contributed by atoms with Crippen molar-refractivity contribution in [3.63, 3.8) is 0 Å². The second-order valence-electron chi connectivity index (χ2n) is 6.24. The molecule has 0 saturated carbocycles. The van der Waals surface area contributed by atoms with Crippen LogP contribution in [0.4, 0.5) is 5.82 Å². The largest absolute Gasteiger partial charge is 0.384 e. The van der Waals surface area contributed by atoms with E-state index in [0.717, 1.165) is 22.2 Å². The molecule has 27 heavy (non-hydrogen) atoms. The predicted molar refractivity (Wildman–Crippen MR) is 109 cm³/mol. The van der Waals surface area contributed by atoms with Crippen LogP contribution >= 0.6 is 11.8 Å². The predicted octanol–water partition coefficient (Wildman–Crippen LogP) is 4.56. The standard InChI is InChI=1S/C21H18N4OS/c1-13-11-18(22)25-21(24-13)27-20(14-7-3-2-4-8-14)19(26)16-12-23-17-10-6-5-9-15(16)17/h2-12,20,23H,1H3,(H2,22,24,25). The number of carbonyl (C=O) groups excluding carboxylic acids is 1. The summed E-state index contributed by atoms with van der Waals surface area (Å²) < 4.78 is 0. The number of fused-ring (bicyclic) bond motifs is 1. The first-order chi connectivity index (χ1) is 13.1. The number of nitrogens with one attached hydrogen (secondary N) is 1. The number of nitrogen functional groups attached to an aromatic ring is 1. The molecule has 0 spiro atoms. The Bertz CT molecular complexity index is 1090. The number of anilines is 1. The minimum Gasteiger partial charge on any atom is -0.384 e. The average molecular weight is 374 g/mol. The van der Waals surface area contributed by atoms with Gasteiger partial charge in [0.2, 0.25) is 0 Å². The molecule has 0 bridgehead atoms. The lowest BCUT2D eigenvalue weighted by Gasteiger charge is -2.15. The molecule has 2 aromatic carbocycles. The van der Waals surface area contributed by atoms with Gasteiger partial charge in [-0.2, -0.15) is 0 Å². The Kier molecular flexibility index (Phi) is 4.64. The zero-order valence-corrected chi connectivity index (χ0v) is 15.5. The number of H-pyrrole nitrogens is 1. The molecule has 1 atom stereocenters. The van der Waals surface area contributed by atoms with Crippen molar-refractivity contribution in [3.8, 4) is 0 Å². The van der Waals surface area contributed by atoms with Gasteiger partial charge >= 0.3 is 0 Å². The van der Waals surface area contributed by atoms with Crippen molar-refractivity contribution in [2.45, 2.75) is 17.3 Å². The Morgan fingerprint density at radius 3 is 2.59 bits per heavy atom. The maximum Gasteiger partial charge on any atom is 0.190 e. The Morgan fingerprint density at radius 2 is 1.81 bits per heavy atom. The Morgan fingerprint density at radius 1 is 1.07 bits per heavy atom. The minimum absolute atomic E-state index is 0.00678. The van der Waals surface area contributed by atoms with Crippen LogP contribution in [0.2, 0.25) is 0 Å². The summed E-state index contributed by atoms with van der Waals surface area (Å²) in [4.78, 5) is 25.4. The molecule has 5 nitrogen and oxygen atoms in total. The number of benzene rings is 2. The van der Waals surface area contributed by atoms with Gasteiger partial charge in [0.1, 0.15) is 11.1 Å². The maximum atomic E-state index is 13.5. The highest BCUT2D eigenvalue weighted by Crippen LogP contribution is 2.37. The van der Waals surface area contributed by atoms with Crippen LogP contribution in [0.15, 0.2) is 72.0 Å². The summed E-state index contributed by atoms with van der Waals surface area (Å²) in [5, 5.41) is 0.940. The summed E-state index contributed by atoms with van der Waals surface area (Å²) >= 11 is 1.32. The summed E-state index contributed by atoms with van der Waals surface area (Å²) in [6, 6.07) is 19.2. The molecule has 6 heteroatoms. The van der Waals surface area contributed by atoms with Gasteiger partial charge < -0.3 is 10.7 Å². The summed E-state index contributed by atoms with van der Waals surface area (Å²) in [6.07, 6.45) is 1.77. The molecule has 1 unspecified atom stereocenters. The lowest BCUT2D eigenvalue weighted by atomic mass is 10.0. The Balaban J connectivity index is 1.77. The van der Waals surface area contributed by atoms with E-state index in [1.807, 2.05) is 61.5 Å². The third kappa shape index (κ3) is 3.57. The average Bonchev–Trinajstić information content (AvgIpc) is 3.10. The minimum atomic E-state index is -0.466. The lowest BCUT2D eigenvalue weighted by Crippen LogP contribution is -2.11. The molecule has 0 radical (unpaired) electrons. The van der Waals surface area contributed by atoms with Crippen LogP contribution in [0, 0.1) is 6.92 Å². The molecule has 0 aliphatic carbocycles. The first kappa shape index (κ1) is 17.3. The molecule has 134 valence electrons. The van der Waals surface area contributed by atoms with Crippen molar-refractivity contribution in [2.75, 3.05) is 5.73 Å². The molecule has 4 aromatic rings. The van der Waals surface area contributed by atoms with E-state index < -0.39 is 5.25 Å². The molecule has 0 aliphatic heterocycles. The number of rotatable bonds is 5. The third-order valence-corrected chi connectivity index (χ3v) is 5.39. The zero-order valence-electron chi connectivity index (χ0n) is 14.7. The van der Waals surface area contributed by atoms with Crippen molar-refractivity contribution < 1.29 is 4.79 Å². The van der Waals surface area contributed by atoms with Gasteiger partial charge in [-0.1, -0.05) is 60.3 Å². The highest BCUT2D eigenvalue weighted by Gasteiger charge is 2.26. The molecule has 3 N–H and O–H groups in total. The fourth-order valence-electron chi connectivity index (χ4n) is 3.04. The van der Waals surface area contributed by atoms with Crippen LogP contribution in [0.3, 0.4) is 0 Å². The topological polar surface area (TPSA) is 84.7 Å². The molecule has 2 heterocycles. The maximum absolute atomic E-state index is 13.5. The van der Waals surface area contributed by atoms with Crippen LogP contribution in [0.25, 0.3) is 10.9 Å². The summed E-state index contributed by atoms with van der Waals surface area (Å²) in [5.74, 6) is 0.406. The second-order valence-corrected chi connectivity index (χ2v) is 7.31. The van der Waals surface area contributed by atoms with Crippen molar-refractivity contribution in [2.24, 2.45) is 0 Å². The number of nitrogens with zero attached hydrogens (tertiary/aromatic N) is 2. The SMILES string of the molecule is Cc1cc(N)nc(SC(C(=O)c2c[nH]c3ccccc23)c2ccccc2)n1. The van der Waals surface area contributed by atoms with Gasteiger partial charge in [0.15, 0.2) is 10.9 Å². The number of para-hydroxylation sites is 1. The van der Waals surface area contributed by atoms with Gasteiger partial charge in [0, 0.05) is 34.4 Å². The Labute approximate surface area is 161 Å². The Hall–Kier alpha value is -3.12. The van der Waals surface area contributed by atoms with Gasteiger partial charge in [0.05, 0.1) is 0 Å². The van der Waals surface area contributed by atoms with E-state index in [0.29, 0.717) is 16.5 Å². The van der Waals surface area contributed by atoms with E-state index in [9.17, 15) is 4.79 Å². The van der Waals surface area contributed by atoms with Crippen molar-refractivity contribution in [1.82, 2.24) is 15.0 Å². The van der Waals surface area contributed by atoms with Gasteiger partial charge in [0.25, 0.3) is 0 Å². The van der Waals surface area contributed by atoms with E-state index in [4.69, 9.17) is 5.73 Å². The number of aromatic amines is 1. The number of aromatic nitrogens is 3. The van der Waals surface area contributed by atoms with Crippen LogP contribution in [-0.4, -0.2) is 20.7 Å². The van der Waals surface area contributed by atoms with E-state index in [1.54, 1.807) is 12.3 Å². The smallest absolute Gasteiger partial charge is 0.190 e. The van der Waals surface area contributed by atoms with Crippen LogP contribution in [0.1, 0.15) is 26.9 Å². The number of ketones is 1. The summed E-state index contributed by atoms with van der Waals surface area (Å²) in [7, 11) is 0. The third-order valence-electron chi connectivity index (χ3n) is 4.27. The normalized spacial score (nSPS) is 12.2. The molecule has 0 aliphatic rings. The summed E-state index contributed by atoms with van der Waals surface area (Å²) in [6.45, 7) is 1.86. The van der Waals surface area contributed by atoms with Crippen LogP contribution < -0.4 is 5.73 Å². The first-order valence-corrected chi connectivity index (χ1v) is 9.43. The molecule has 4 rings (SSSR count). The molecule has 0 amide bonds. The van der Waals surface area contributed by atoms with Gasteiger partial charge in [-0.15, -0.1) is 0 Å². The number of hydrogen-bond acceptors (Lipinski definition) is 5. The zero-order chi connectivity index (χ0) is 18.8. The number of Topliss-reactive ketones (excluding diaryl/α,β-unsaturated/α-hetero) is 1. The van der Waals surface area contributed by atoms with Crippen molar-refractivity contribution in [3.05, 3.63) is 83.7 Å². The van der Waals surface area contributed by atoms with E-state index in [-0.39, 0.29) is 5.78 Å². The van der Waals surface area contributed by atoms with Gasteiger partial charge in [-0.3, -0.25) is 4.79 Å². The molecule has 0 saturated heterocycles. The summed E-state index contributed by atoms with van der Waals surface area (Å²) in [5.41, 5.74) is 9.14.